The van der Waals surface area contributed by atoms with Gasteiger partial charge in [-0.3, -0.25) is 9.69 Å². The Morgan fingerprint density at radius 2 is 2.18 bits per heavy atom. The molecule has 22 heavy (non-hydrogen) atoms. The summed E-state index contributed by atoms with van der Waals surface area (Å²) in [4.78, 5) is 14.3. The highest BCUT2D eigenvalue weighted by Gasteiger charge is 2.29. The monoisotopic (exact) mass is 310 g/mol. The minimum atomic E-state index is -1.26. The fourth-order valence-corrected chi connectivity index (χ4v) is 2.43. The Hall–Kier alpha value is -1.50. The van der Waals surface area contributed by atoms with E-state index < -0.39 is 11.7 Å². The zero-order valence-corrected chi connectivity index (χ0v) is 13.0. The number of halogens is 1. The molecule has 1 aliphatic rings. The predicted molar refractivity (Wildman–Crippen MR) is 80.8 cm³/mol. The van der Waals surface area contributed by atoms with Crippen LogP contribution in [0.1, 0.15) is 19.4 Å². The van der Waals surface area contributed by atoms with E-state index in [4.69, 9.17) is 4.74 Å². The maximum atomic E-state index is 12.9. The number of hydrogen-bond acceptors (Lipinski definition) is 4. The van der Waals surface area contributed by atoms with Crippen LogP contribution in [-0.2, 0) is 15.1 Å². The molecule has 2 atom stereocenters. The number of ether oxygens (including phenoxy) is 1. The Bertz CT molecular complexity index is 505. The second-order valence-corrected chi connectivity index (χ2v) is 5.75. The van der Waals surface area contributed by atoms with Gasteiger partial charge in [-0.1, -0.05) is 19.1 Å². The van der Waals surface area contributed by atoms with E-state index in [2.05, 4.69) is 10.2 Å². The smallest absolute Gasteiger partial charge is 0.250 e. The number of aliphatic hydroxyl groups is 1. The lowest BCUT2D eigenvalue weighted by Crippen LogP contribution is -2.51. The zero-order chi connectivity index (χ0) is 16.2. The fraction of sp³-hybridized carbons (Fsp3) is 0.562. The summed E-state index contributed by atoms with van der Waals surface area (Å²) in [5, 5.41) is 13.1. The van der Waals surface area contributed by atoms with Crippen LogP contribution in [0.2, 0.25) is 0 Å². The van der Waals surface area contributed by atoms with Crippen LogP contribution in [0.5, 0.6) is 0 Å². The van der Waals surface area contributed by atoms with Crippen molar-refractivity contribution < 1.29 is 19.0 Å². The third kappa shape index (κ3) is 4.25. The van der Waals surface area contributed by atoms with E-state index in [1.165, 1.54) is 24.3 Å². The van der Waals surface area contributed by atoms with E-state index in [9.17, 15) is 14.3 Å². The van der Waals surface area contributed by atoms with E-state index in [0.717, 1.165) is 13.1 Å². The molecular formula is C16H23FN2O3. The van der Waals surface area contributed by atoms with Gasteiger partial charge in [-0.05, 0) is 31.2 Å². The van der Waals surface area contributed by atoms with Crippen molar-refractivity contribution in [2.45, 2.75) is 25.6 Å². The lowest BCUT2D eigenvalue weighted by atomic mass is 9.96. The number of carbonyl (C=O) groups excluding carboxylic acids is 1. The topological polar surface area (TPSA) is 61.8 Å². The summed E-state index contributed by atoms with van der Waals surface area (Å²) in [6, 6.07) is 5.60. The van der Waals surface area contributed by atoms with Gasteiger partial charge in [-0.25, -0.2) is 4.39 Å². The van der Waals surface area contributed by atoms with E-state index >= 15 is 0 Å². The summed E-state index contributed by atoms with van der Waals surface area (Å²) < 4.78 is 18.4. The summed E-state index contributed by atoms with van der Waals surface area (Å²) in [7, 11) is 0. The van der Waals surface area contributed by atoms with E-state index in [-0.39, 0.29) is 18.3 Å². The van der Waals surface area contributed by atoms with Crippen LogP contribution < -0.4 is 5.32 Å². The van der Waals surface area contributed by atoms with Crippen molar-refractivity contribution in [3.8, 4) is 0 Å². The van der Waals surface area contributed by atoms with Gasteiger partial charge in [0.1, 0.15) is 17.5 Å². The summed E-state index contributed by atoms with van der Waals surface area (Å²) in [5.41, 5.74) is -0.711. The molecule has 1 fully saturated rings. The number of benzene rings is 1. The first-order valence-electron chi connectivity index (χ1n) is 7.52. The summed E-state index contributed by atoms with van der Waals surface area (Å²) in [5.74, 6) is -0.598. The fourth-order valence-electron chi connectivity index (χ4n) is 2.43. The number of amides is 1. The Kier molecular flexibility index (Phi) is 5.50. The number of morpholine rings is 1. The van der Waals surface area contributed by atoms with Crippen molar-refractivity contribution in [3.05, 3.63) is 35.6 Å². The molecule has 1 saturated heterocycles. The maximum absolute atomic E-state index is 12.9. The number of rotatable bonds is 5. The molecule has 0 spiro atoms. The van der Waals surface area contributed by atoms with Gasteiger partial charge in [0.15, 0.2) is 0 Å². The van der Waals surface area contributed by atoms with Crippen LogP contribution in [0.4, 0.5) is 4.39 Å². The lowest BCUT2D eigenvalue weighted by Gasteiger charge is -2.32. The first kappa shape index (κ1) is 16.9. The molecule has 0 aromatic heterocycles. The van der Waals surface area contributed by atoms with Crippen LogP contribution in [0.3, 0.4) is 0 Å². The van der Waals surface area contributed by atoms with E-state index in [1.54, 1.807) is 6.92 Å². The predicted octanol–water partition coefficient (Wildman–Crippen LogP) is 0.870. The molecule has 0 radical (unpaired) electrons. The highest BCUT2D eigenvalue weighted by molar-refractivity contribution is 5.81. The maximum Gasteiger partial charge on any atom is 0.250 e. The van der Waals surface area contributed by atoms with Crippen molar-refractivity contribution in [1.29, 1.82) is 0 Å². The minimum Gasteiger partial charge on any atom is -0.384 e. The molecule has 2 rings (SSSR count). The molecule has 1 heterocycles. The second kappa shape index (κ2) is 7.17. The molecule has 0 bridgehead atoms. The average molecular weight is 310 g/mol. The van der Waals surface area contributed by atoms with Crippen LogP contribution in [0.25, 0.3) is 0 Å². The average Bonchev–Trinajstić information content (AvgIpc) is 2.53. The van der Waals surface area contributed by atoms with Crippen molar-refractivity contribution in [1.82, 2.24) is 10.2 Å². The molecule has 1 aromatic carbocycles. The van der Waals surface area contributed by atoms with Gasteiger partial charge in [-0.2, -0.15) is 0 Å². The molecule has 6 heteroatoms. The first-order valence-corrected chi connectivity index (χ1v) is 7.52. The third-order valence-corrected chi connectivity index (χ3v) is 3.96. The van der Waals surface area contributed by atoms with Crippen LogP contribution in [0, 0.1) is 5.82 Å². The first-order chi connectivity index (χ1) is 10.4. The summed E-state index contributed by atoms with van der Waals surface area (Å²) in [6.07, 6.45) is -0.516. The normalized spacial score (nSPS) is 22.1. The number of carbonyl (C=O) groups is 1. The number of likely N-dealkylation sites (N-methyl/N-ethyl adjacent to an activating group) is 1. The van der Waals surface area contributed by atoms with Gasteiger partial charge in [0.25, 0.3) is 5.91 Å². The van der Waals surface area contributed by atoms with E-state index in [0.29, 0.717) is 18.7 Å². The van der Waals surface area contributed by atoms with Gasteiger partial charge in [0, 0.05) is 13.1 Å². The minimum absolute atomic E-state index is 0.0451. The van der Waals surface area contributed by atoms with Crippen molar-refractivity contribution in [2.75, 3.05) is 32.8 Å². The molecular weight excluding hydrogens is 287 g/mol. The number of hydrogen-bond donors (Lipinski definition) is 2. The summed E-state index contributed by atoms with van der Waals surface area (Å²) in [6.45, 7) is 6.46. The standard InChI is InChI=1S/C16H23FN2O3/c1-3-19-8-9-22-14(10-19)15(20)18-11-16(2,21)12-4-6-13(17)7-5-12/h4-7,14,21H,3,8-11H2,1-2H3,(H,18,20). The lowest BCUT2D eigenvalue weighted by molar-refractivity contribution is -0.139. The van der Waals surface area contributed by atoms with Crippen molar-refractivity contribution in [3.63, 3.8) is 0 Å². The molecule has 2 N–H and O–H groups in total. The number of nitrogens with one attached hydrogen (secondary N) is 1. The Morgan fingerprint density at radius 3 is 2.82 bits per heavy atom. The van der Waals surface area contributed by atoms with Gasteiger partial charge in [-0.15, -0.1) is 0 Å². The van der Waals surface area contributed by atoms with Crippen molar-refractivity contribution in [2.24, 2.45) is 0 Å². The van der Waals surface area contributed by atoms with Gasteiger partial charge in [0.2, 0.25) is 0 Å². The molecule has 1 aliphatic heterocycles. The zero-order valence-electron chi connectivity index (χ0n) is 13.0. The summed E-state index contributed by atoms with van der Waals surface area (Å²) >= 11 is 0. The third-order valence-electron chi connectivity index (χ3n) is 3.96. The SMILES string of the molecule is CCN1CCOC(C(=O)NCC(C)(O)c2ccc(F)cc2)C1. The Labute approximate surface area is 130 Å². The second-order valence-electron chi connectivity index (χ2n) is 5.75. The van der Waals surface area contributed by atoms with Gasteiger partial charge in [0.05, 0.1) is 13.2 Å². The largest absolute Gasteiger partial charge is 0.384 e. The van der Waals surface area contributed by atoms with Crippen LogP contribution >= 0.6 is 0 Å². The Morgan fingerprint density at radius 1 is 1.50 bits per heavy atom. The molecule has 0 saturated carbocycles. The highest BCUT2D eigenvalue weighted by Crippen LogP contribution is 2.20. The quantitative estimate of drug-likeness (QED) is 0.847. The van der Waals surface area contributed by atoms with Crippen LogP contribution in [-0.4, -0.2) is 54.8 Å². The molecule has 0 aliphatic carbocycles. The van der Waals surface area contributed by atoms with Crippen molar-refractivity contribution >= 4 is 5.91 Å². The molecule has 1 amide bonds. The molecule has 2 unspecified atom stereocenters. The molecule has 5 nitrogen and oxygen atoms in total. The highest BCUT2D eigenvalue weighted by atomic mass is 19.1. The van der Waals surface area contributed by atoms with Gasteiger partial charge < -0.3 is 15.2 Å². The molecule has 1 aromatic rings. The molecule has 122 valence electrons. The van der Waals surface area contributed by atoms with E-state index in [1.807, 2.05) is 6.92 Å². The van der Waals surface area contributed by atoms with Crippen LogP contribution in [0.15, 0.2) is 24.3 Å². The Balaban J connectivity index is 1.90. The van der Waals surface area contributed by atoms with Gasteiger partial charge >= 0.3 is 0 Å². The number of nitrogens with zero attached hydrogens (tertiary/aromatic N) is 1.